The van der Waals surface area contributed by atoms with E-state index in [-0.39, 0.29) is 11.7 Å². The van der Waals surface area contributed by atoms with Crippen LogP contribution in [0.2, 0.25) is 5.02 Å². The van der Waals surface area contributed by atoms with Gasteiger partial charge in [0.05, 0.1) is 0 Å². The number of carbonyl (C=O) groups is 1. The lowest BCUT2D eigenvalue weighted by atomic mass is 9.93. The molecule has 0 aromatic heterocycles. The van der Waals surface area contributed by atoms with Gasteiger partial charge in [-0.2, -0.15) is 0 Å². The van der Waals surface area contributed by atoms with Gasteiger partial charge >= 0.3 is 0 Å². The molecule has 2 rings (SSSR count). The highest BCUT2D eigenvalue weighted by molar-refractivity contribution is 6.31. The third-order valence-corrected chi connectivity index (χ3v) is 3.38. The first-order valence-corrected chi connectivity index (χ1v) is 6.58. The van der Waals surface area contributed by atoms with Crippen LogP contribution < -0.4 is 5.73 Å². The lowest BCUT2D eigenvalue weighted by molar-refractivity contribution is 0.0975. The minimum Gasteiger partial charge on any atom is -0.399 e. The molecule has 2 nitrogen and oxygen atoms in total. The van der Waals surface area contributed by atoms with Crippen LogP contribution in [0.3, 0.4) is 0 Å². The fourth-order valence-corrected chi connectivity index (χ4v) is 2.19. The Morgan fingerprint density at radius 1 is 1.21 bits per heavy atom. The van der Waals surface area contributed by atoms with Crippen LogP contribution in [0.5, 0.6) is 0 Å². The number of anilines is 1. The number of hydrogen-bond acceptors (Lipinski definition) is 2. The molecule has 0 aliphatic carbocycles. The molecule has 2 aromatic carbocycles. The van der Waals surface area contributed by atoms with E-state index in [0.717, 1.165) is 11.3 Å². The van der Waals surface area contributed by atoms with E-state index >= 15 is 0 Å². The van der Waals surface area contributed by atoms with Gasteiger partial charge in [0.2, 0.25) is 0 Å². The van der Waals surface area contributed by atoms with Gasteiger partial charge in [-0.25, -0.2) is 0 Å². The van der Waals surface area contributed by atoms with Gasteiger partial charge in [-0.15, -0.1) is 0 Å². The average molecular weight is 274 g/mol. The molecule has 0 heterocycles. The maximum Gasteiger partial charge on any atom is 0.163 e. The normalized spacial score (nSPS) is 12.1. The monoisotopic (exact) mass is 273 g/mol. The average Bonchev–Trinajstić information content (AvgIpc) is 2.39. The summed E-state index contributed by atoms with van der Waals surface area (Å²) in [7, 11) is 0. The molecule has 2 N–H and O–H groups in total. The molecule has 0 aliphatic heterocycles. The largest absolute Gasteiger partial charge is 0.399 e. The van der Waals surface area contributed by atoms with Crippen molar-refractivity contribution in [1.82, 2.24) is 0 Å². The maximum atomic E-state index is 12.2. The van der Waals surface area contributed by atoms with Crippen LogP contribution in [-0.2, 0) is 0 Å². The Kier molecular flexibility index (Phi) is 4.23. The predicted molar refractivity (Wildman–Crippen MR) is 79.7 cm³/mol. The van der Waals surface area contributed by atoms with E-state index in [1.165, 1.54) is 0 Å². The van der Waals surface area contributed by atoms with Crippen molar-refractivity contribution in [3.05, 3.63) is 64.7 Å². The van der Waals surface area contributed by atoms with Crippen LogP contribution in [-0.4, -0.2) is 5.78 Å². The molecule has 98 valence electrons. The van der Waals surface area contributed by atoms with E-state index in [0.29, 0.717) is 17.0 Å². The fourth-order valence-electron chi connectivity index (χ4n) is 2.00. The summed E-state index contributed by atoms with van der Waals surface area (Å²) in [5.41, 5.74) is 8.16. The SMILES string of the molecule is CC(CC(=O)c1cccc(Cl)c1)c1ccc(N)cc1. The molecule has 1 unspecified atom stereocenters. The van der Waals surface area contributed by atoms with Gasteiger partial charge < -0.3 is 5.73 Å². The van der Waals surface area contributed by atoms with Crippen LogP contribution in [0, 0.1) is 0 Å². The summed E-state index contributed by atoms with van der Waals surface area (Å²) in [5.74, 6) is 0.263. The summed E-state index contributed by atoms with van der Waals surface area (Å²) >= 11 is 5.89. The van der Waals surface area contributed by atoms with Gasteiger partial charge in [0.25, 0.3) is 0 Å². The first-order valence-electron chi connectivity index (χ1n) is 6.20. The van der Waals surface area contributed by atoms with Crippen molar-refractivity contribution >= 4 is 23.1 Å². The van der Waals surface area contributed by atoms with E-state index in [4.69, 9.17) is 17.3 Å². The number of Topliss-reactive ketones (excluding diaryl/α,β-unsaturated/α-hetero) is 1. The molecular weight excluding hydrogens is 258 g/mol. The van der Waals surface area contributed by atoms with E-state index in [2.05, 4.69) is 0 Å². The summed E-state index contributed by atoms with van der Waals surface area (Å²) in [6.07, 6.45) is 0.463. The molecule has 0 amide bonds. The van der Waals surface area contributed by atoms with E-state index in [1.54, 1.807) is 24.3 Å². The lowest BCUT2D eigenvalue weighted by Crippen LogP contribution is -2.05. The number of nitrogens with two attached hydrogens (primary N) is 1. The van der Waals surface area contributed by atoms with Gasteiger partial charge in [-0.1, -0.05) is 42.8 Å². The molecule has 0 saturated heterocycles. The van der Waals surface area contributed by atoms with Gasteiger partial charge in [-0.3, -0.25) is 4.79 Å². The standard InChI is InChI=1S/C16H16ClNO/c1-11(12-5-7-15(18)8-6-12)9-16(19)13-3-2-4-14(17)10-13/h2-8,10-11H,9,18H2,1H3. The number of nitrogen functional groups attached to an aromatic ring is 1. The van der Waals surface area contributed by atoms with Crippen LogP contribution >= 0.6 is 11.6 Å². The van der Waals surface area contributed by atoms with Crippen molar-refractivity contribution in [2.24, 2.45) is 0 Å². The summed E-state index contributed by atoms with van der Waals surface area (Å²) in [6, 6.07) is 14.7. The first-order chi connectivity index (χ1) is 9.06. The zero-order valence-electron chi connectivity index (χ0n) is 10.8. The lowest BCUT2D eigenvalue weighted by Gasteiger charge is -2.11. The minimum absolute atomic E-state index is 0.104. The van der Waals surface area contributed by atoms with E-state index in [9.17, 15) is 4.79 Å². The second kappa shape index (κ2) is 5.89. The van der Waals surface area contributed by atoms with Crippen molar-refractivity contribution in [3.63, 3.8) is 0 Å². The number of rotatable bonds is 4. The quantitative estimate of drug-likeness (QED) is 0.667. The third kappa shape index (κ3) is 3.58. The summed E-state index contributed by atoms with van der Waals surface area (Å²) in [4.78, 5) is 12.2. The predicted octanol–water partition coefficient (Wildman–Crippen LogP) is 4.30. The summed E-state index contributed by atoms with van der Waals surface area (Å²) in [5, 5.41) is 0.589. The molecule has 0 saturated carbocycles. The second-order valence-electron chi connectivity index (χ2n) is 4.71. The summed E-state index contributed by atoms with van der Waals surface area (Å²) in [6.45, 7) is 2.04. The zero-order chi connectivity index (χ0) is 13.8. The van der Waals surface area contributed by atoms with Gasteiger partial charge in [-0.05, 0) is 35.7 Å². The zero-order valence-corrected chi connectivity index (χ0v) is 11.5. The van der Waals surface area contributed by atoms with E-state index < -0.39 is 0 Å². The number of halogens is 1. The van der Waals surface area contributed by atoms with Crippen molar-refractivity contribution < 1.29 is 4.79 Å². The Hall–Kier alpha value is -1.80. The maximum absolute atomic E-state index is 12.2. The number of ketones is 1. The molecule has 3 heteroatoms. The highest BCUT2D eigenvalue weighted by Gasteiger charge is 2.13. The molecule has 19 heavy (non-hydrogen) atoms. The topological polar surface area (TPSA) is 43.1 Å². The van der Waals surface area contributed by atoms with Gasteiger partial charge in [0.1, 0.15) is 0 Å². The Bertz CT molecular complexity index is 578. The van der Waals surface area contributed by atoms with Crippen LogP contribution in [0.4, 0.5) is 5.69 Å². The molecule has 0 spiro atoms. The Morgan fingerprint density at radius 2 is 1.89 bits per heavy atom. The fraction of sp³-hybridized carbons (Fsp3) is 0.188. The highest BCUT2D eigenvalue weighted by Crippen LogP contribution is 2.23. The molecule has 0 fully saturated rings. The van der Waals surface area contributed by atoms with Crippen LogP contribution in [0.25, 0.3) is 0 Å². The highest BCUT2D eigenvalue weighted by atomic mass is 35.5. The molecule has 0 bridgehead atoms. The van der Waals surface area contributed by atoms with Crippen LogP contribution in [0.1, 0.15) is 35.2 Å². The van der Waals surface area contributed by atoms with Crippen molar-refractivity contribution in [2.45, 2.75) is 19.3 Å². The van der Waals surface area contributed by atoms with Gasteiger partial charge in [0.15, 0.2) is 5.78 Å². The van der Waals surface area contributed by atoms with Gasteiger partial charge in [0, 0.05) is 22.7 Å². The molecule has 2 aromatic rings. The summed E-state index contributed by atoms with van der Waals surface area (Å²) < 4.78 is 0. The smallest absolute Gasteiger partial charge is 0.163 e. The van der Waals surface area contributed by atoms with Crippen LogP contribution in [0.15, 0.2) is 48.5 Å². The third-order valence-electron chi connectivity index (χ3n) is 3.14. The molecule has 0 radical (unpaired) electrons. The molecule has 0 aliphatic rings. The minimum atomic E-state index is 0.104. The number of hydrogen-bond donors (Lipinski definition) is 1. The van der Waals surface area contributed by atoms with Crippen molar-refractivity contribution in [1.29, 1.82) is 0 Å². The first kappa shape index (κ1) is 13.6. The molecule has 1 atom stereocenters. The number of benzene rings is 2. The Labute approximate surface area is 118 Å². The number of carbonyl (C=O) groups excluding carboxylic acids is 1. The van der Waals surface area contributed by atoms with E-state index in [1.807, 2.05) is 31.2 Å². The Balaban J connectivity index is 2.08. The second-order valence-corrected chi connectivity index (χ2v) is 5.14. The molecular formula is C16H16ClNO. The Morgan fingerprint density at radius 3 is 2.53 bits per heavy atom. The van der Waals surface area contributed by atoms with Crippen molar-refractivity contribution in [3.8, 4) is 0 Å². The van der Waals surface area contributed by atoms with Crippen molar-refractivity contribution in [2.75, 3.05) is 5.73 Å².